The maximum atomic E-state index is 13.0. The van der Waals surface area contributed by atoms with E-state index in [1.165, 1.54) is 5.56 Å². The molecule has 1 atom stereocenters. The van der Waals surface area contributed by atoms with Crippen LogP contribution in [0.5, 0.6) is 5.75 Å². The molecule has 29 heavy (non-hydrogen) atoms. The van der Waals surface area contributed by atoms with Crippen molar-refractivity contribution in [3.05, 3.63) is 64.7 Å². The van der Waals surface area contributed by atoms with Crippen LogP contribution >= 0.6 is 0 Å². The fourth-order valence-corrected chi connectivity index (χ4v) is 3.03. The Hall–Kier alpha value is -2.82. The molecule has 156 valence electrons. The van der Waals surface area contributed by atoms with Gasteiger partial charge in [-0.3, -0.25) is 9.59 Å². The van der Waals surface area contributed by atoms with E-state index in [0.29, 0.717) is 12.3 Å². The van der Waals surface area contributed by atoms with Gasteiger partial charge >= 0.3 is 0 Å². The minimum atomic E-state index is -0.603. The average molecular weight is 397 g/mol. The number of benzene rings is 2. The van der Waals surface area contributed by atoms with Crippen LogP contribution in [-0.4, -0.2) is 35.4 Å². The van der Waals surface area contributed by atoms with E-state index in [1.54, 1.807) is 11.8 Å². The second kappa shape index (κ2) is 10.1. The van der Waals surface area contributed by atoms with E-state index in [0.717, 1.165) is 16.7 Å². The third-order valence-electron chi connectivity index (χ3n) is 4.87. The van der Waals surface area contributed by atoms with Crippen LogP contribution < -0.4 is 10.1 Å². The number of hydrogen-bond donors (Lipinski definition) is 1. The highest BCUT2D eigenvalue weighted by Crippen LogP contribution is 2.17. The molecule has 0 saturated carbocycles. The first-order chi connectivity index (χ1) is 13.7. The van der Waals surface area contributed by atoms with Crippen LogP contribution in [0.25, 0.3) is 0 Å². The van der Waals surface area contributed by atoms with Crippen LogP contribution in [0.2, 0.25) is 0 Å². The Morgan fingerprint density at radius 3 is 2.34 bits per heavy atom. The van der Waals surface area contributed by atoms with E-state index in [9.17, 15) is 9.59 Å². The largest absolute Gasteiger partial charge is 0.484 e. The molecular weight excluding hydrogens is 364 g/mol. The Balaban J connectivity index is 2.16. The maximum Gasteiger partial charge on any atom is 0.261 e. The van der Waals surface area contributed by atoms with Gasteiger partial charge in [0.1, 0.15) is 11.8 Å². The van der Waals surface area contributed by atoms with Gasteiger partial charge in [-0.05, 0) is 70.4 Å². The van der Waals surface area contributed by atoms with Gasteiger partial charge in [-0.2, -0.15) is 0 Å². The second-order valence-electron chi connectivity index (χ2n) is 7.88. The summed E-state index contributed by atoms with van der Waals surface area (Å²) in [5, 5.41) is 2.89. The summed E-state index contributed by atoms with van der Waals surface area (Å²) in [6.07, 6.45) is 0. The molecule has 5 nitrogen and oxygen atoms in total. The number of ether oxygens (including phenoxy) is 1. The molecule has 0 bridgehead atoms. The van der Waals surface area contributed by atoms with E-state index < -0.39 is 6.04 Å². The summed E-state index contributed by atoms with van der Waals surface area (Å²) in [6.45, 7) is 11.8. The summed E-state index contributed by atoms with van der Waals surface area (Å²) in [6, 6.07) is 13.1. The molecule has 2 rings (SSSR count). The molecule has 0 aliphatic rings. The predicted octanol–water partition coefficient (Wildman–Crippen LogP) is 3.93. The SMILES string of the molecule is Cc1cccc(CN(C(=O)COc2ccc(C)c(C)c2)[C@H](C)C(=O)NC(C)C)c1. The fraction of sp³-hybridized carbons (Fsp3) is 0.417. The first-order valence-electron chi connectivity index (χ1n) is 10.0. The van der Waals surface area contributed by atoms with Gasteiger partial charge in [0.2, 0.25) is 5.91 Å². The monoisotopic (exact) mass is 396 g/mol. The number of nitrogens with zero attached hydrogens (tertiary/aromatic N) is 1. The molecule has 2 aromatic carbocycles. The molecule has 0 aliphatic heterocycles. The summed E-state index contributed by atoms with van der Waals surface area (Å²) in [5.41, 5.74) is 4.37. The third-order valence-corrected chi connectivity index (χ3v) is 4.87. The molecule has 0 spiro atoms. The van der Waals surface area contributed by atoms with Crippen LogP contribution in [0.3, 0.4) is 0 Å². The van der Waals surface area contributed by atoms with Crippen molar-refractivity contribution in [3.63, 3.8) is 0 Å². The zero-order valence-corrected chi connectivity index (χ0v) is 18.3. The van der Waals surface area contributed by atoms with Gasteiger partial charge in [0.15, 0.2) is 6.61 Å². The lowest BCUT2D eigenvalue weighted by atomic mass is 10.1. The third kappa shape index (κ3) is 6.63. The molecule has 2 amide bonds. The molecule has 1 N–H and O–H groups in total. The lowest BCUT2D eigenvalue weighted by Crippen LogP contribution is -2.50. The topological polar surface area (TPSA) is 58.6 Å². The fourth-order valence-electron chi connectivity index (χ4n) is 3.03. The minimum Gasteiger partial charge on any atom is -0.484 e. The van der Waals surface area contributed by atoms with Crippen molar-refractivity contribution >= 4 is 11.8 Å². The zero-order valence-electron chi connectivity index (χ0n) is 18.3. The Morgan fingerprint density at radius 2 is 1.72 bits per heavy atom. The van der Waals surface area contributed by atoms with Crippen molar-refractivity contribution in [2.24, 2.45) is 0 Å². The number of nitrogens with one attached hydrogen (secondary N) is 1. The molecule has 0 heterocycles. The Bertz CT molecular complexity index is 861. The predicted molar refractivity (Wildman–Crippen MR) is 116 cm³/mol. The van der Waals surface area contributed by atoms with Gasteiger partial charge < -0.3 is 15.0 Å². The number of carbonyl (C=O) groups excluding carboxylic acids is 2. The highest BCUT2D eigenvalue weighted by Gasteiger charge is 2.26. The van der Waals surface area contributed by atoms with Crippen molar-refractivity contribution < 1.29 is 14.3 Å². The number of aryl methyl sites for hydroxylation is 3. The number of amides is 2. The van der Waals surface area contributed by atoms with Gasteiger partial charge in [-0.25, -0.2) is 0 Å². The van der Waals surface area contributed by atoms with E-state index in [1.807, 2.05) is 77.1 Å². The minimum absolute atomic E-state index is 0.00709. The van der Waals surface area contributed by atoms with Gasteiger partial charge in [-0.1, -0.05) is 35.9 Å². The van der Waals surface area contributed by atoms with E-state index in [-0.39, 0.29) is 24.5 Å². The zero-order chi connectivity index (χ0) is 21.6. The number of hydrogen-bond acceptors (Lipinski definition) is 3. The van der Waals surface area contributed by atoms with Crippen molar-refractivity contribution in [3.8, 4) is 5.75 Å². The molecule has 0 unspecified atom stereocenters. The normalized spacial score (nSPS) is 11.8. The van der Waals surface area contributed by atoms with Crippen LogP contribution in [0.1, 0.15) is 43.0 Å². The quantitative estimate of drug-likeness (QED) is 0.735. The summed E-state index contributed by atoms with van der Waals surface area (Å²) in [7, 11) is 0. The number of rotatable bonds is 8. The van der Waals surface area contributed by atoms with Gasteiger partial charge in [0, 0.05) is 12.6 Å². The Labute approximate surface area is 174 Å². The number of carbonyl (C=O) groups is 2. The smallest absolute Gasteiger partial charge is 0.261 e. The first kappa shape index (κ1) is 22.5. The molecule has 0 aliphatic carbocycles. The molecule has 2 aromatic rings. The summed E-state index contributed by atoms with van der Waals surface area (Å²) >= 11 is 0. The van der Waals surface area contributed by atoms with E-state index in [4.69, 9.17) is 4.74 Å². The standard InChI is InChI=1S/C24H32N2O3/c1-16(2)25-24(28)20(6)26(14-21-9-7-8-17(3)12-21)23(27)15-29-22-11-10-18(4)19(5)13-22/h7-13,16,20H,14-15H2,1-6H3,(H,25,28)/t20-/m1/s1. The molecule has 0 fully saturated rings. The second-order valence-corrected chi connectivity index (χ2v) is 7.88. The maximum absolute atomic E-state index is 13.0. The van der Waals surface area contributed by atoms with Gasteiger partial charge in [0.25, 0.3) is 5.91 Å². The van der Waals surface area contributed by atoms with Crippen LogP contribution in [0.4, 0.5) is 0 Å². The summed E-state index contributed by atoms with van der Waals surface area (Å²) in [5.74, 6) is 0.250. The highest BCUT2D eigenvalue weighted by atomic mass is 16.5. The Kier molecular flexibility index (Phi) is 7.82. The molecule has 0 radical (unpaired) electrons. The van der Waals surface area contributed by atoms with Gasteiger partial charge in [0.05, 0.1) is 0 Å². The summed E-state index contributed by atoms with van der Waals surface area (Å²) < 4.78 is 5.73. The van der Waals surface area contributed by atoms with Crippen molar-refractivity contribution in [1.29, 1.82) is 0 Å². The lowest BCUT2D eigenvalue weighted by molar-refractivity contribution is -0.142. The average Bonchev–Trinajstić information content (AvgIpc) is 2.65. The molecular formula is C24H32N2O3. The van der Waals surface area contributed by atoms with E-state index in [2.05, 4.69) is 5.32 Å². The lowest BCUT2D eigenvalue weighted by Gasteiger charge is -2.29. The molecule has 5 heteroatoms. The molecule has 0 aromatic heterocycles. The van der Waals surface area contributed by atoms with Crippen molar-refractivity contribution in [1.82, 2.24) is 10.2 Å². The first-order valence-corrected chi connectivity index (χ1v) is 10.0. The van der Waals surface area contributed by atoms with Crippen LogP contribution in [0.15, 0.2) is 42.5 Å². The van der Waals surface area contributed by atoms with Crippen molar-refractivity contribution in [2.75, 3.05) is 6.61 Å². The Morgan fingerprint density at radius 1 is 1.00 bits per heavy atom. The highest BCUT2D eigenvalue weighted by molar-refractivity contribution is 5.88. The molecule has 0 saturated heterocycles. The van der Waals surface area contributed by atoms with Crippen LogP contribution in [0, 0.1) is 20.8 Å². The van der Waals surface area contributed by atoms with Crippen LogP contribution in [-0.2, 0) is 16.1 Å². The van der Waals surface area contributed by atoms with Crippen molar-refractivity contribution in [2.45, 2.75) is 60.2 Å². The summed E-state index contributed by atoms with van der Waals surface area (Å²) in [4.78, 5) is 27.2. The van der Waals surface area contributed by atoms with E-state index >= 15 is 0 Å². The van der Waals surface area contributed by atoms with Gasteiger partial charge in [-0.15, -0.1) is 0 Å².